The molecule has 22 heavy (non-hydrogen) atoms. The fourth-order valence-corrected chi connectivity index (χ4v) is 2.48. The summed E-state index contributed by atoms with van der Waals surface area (Å²) in [6.07, 6.45) is -4.59. The van der Waals surface area contributed by atoms with E-state index < -0.39 is 23.8 Å². The van der Waals surface area contributed by atoms with Crippen molar-refractivity contribution in [2.75, 3.05) is 0 Å². The normalized spacial score (nSPS) is 17.0. The summed E-state index contributed by atoms with van der Waals surface area (Å²) >= 11 is 0. The van der Waals surface area contributed by atoms with E-state index in [1.165, 1.54) is 18.2 Å². The van der Waals surface area contributed by atoms with Gasteiger partial charge in [-0.05, 0) is 41.5 Å². The van der Waals surface area contributed by atoms with Crippen molar-refractivity contribution in [3.05, 3.63) is 64.7 Å². The minimum atomic E-state index is -4.39. The lowest BCUT2D eigenvalue weighted by Gasteiger charge is -2.11. The van der Waals surface area contributed by atoms with E-state index in [4.69, 9.17) is 9.84 Å². The standard InChI is InChI=1S/C16H11F3O3/c17-16(18,19)12-4-5-13-11(7-12)8-14(22-13)9-2-1-3-10(6-9)15(20)21/h1-7,14H,8H2,(H,20,21). The molecule has 1 aliphatic heterocycles. The summed E-state index contributed by atoms with van der Waals surface area (Å²) in [5, 5.41) is 8.99. The van der Waals surface area contributed by atoms with E-state index in [0.717, 1.165) is 12.1 Å². The predicted molar refractivity (Wildman–Crippen MR) is 71.9 cm³/mol. The van der Waals surface area contributed by atoms with Gasteiger partial charge in [0.25, 0.3) is 0 Å². The molecule has 0 fully saturated rings. The van der Waals surface area contributed by atoms with Gasteiger partial charge < -0.3 is 9.84 Å². The molecule has 0 saturated heterocycles. The summed E-state index contributed by atoms with van der Waals surface area (Å²) in [4.78, 5) is 11.0. The van der Waals surface area contributed by atoms with Gasteiger partial charge in [0.05, 0.1) is 11.1 Å². The Bertz CT molecular complexity index is 738. The molecule has 1 atom stereocenters. The molecule has 6 heteroatoms. The summed E-state index contributed by atoms with van der Waals surface area (Å²) in [6.45, 7) is 0. The number of benzene rings is 2. The number of fused-ring (bicyclic) bond motifs is 1. The van der Waals surface area contributed by atoms with Crippen molar-refractivity contribution in [1.29, 1.82) is 0 Å². The lowest BCUT2D eigenvalue weighted by molar-refractivity contribution is -0.137. The third-order valence-corrected chi connectivity index (χ3v) is 3.57. The number of carboxylic acid groups (broad SMARTS) is 1. The Morgan fingerprint density at radius 3 is 2.64 bits per heavy atom. The van der Waals surface area contributed by atoms with Crippen LogP contribution in [0.3, 0.4) is 0 Å². The van der Waals surface area contributed by atoms with Gasteiger partial charge >= 0.3 is 12.1 Å². The molecule has 1 N–H and O–H groups in total. The van der Waals surface area contributed by atoms with Gasteiger partial charge in [0, 0.05) is 6.42 Å². The fraction of sp³-hybridized carbons (Fsp3) is 0.188. The van der Waals surface area contributed by atoms with E-state index >= 15 is 0 Å². The summed E-state index contributed by atoms with van der Waals surface area (Å²) in [7, 11) is 0. The van der Waals surface area contributed by atoms with Gasteiger partial charge in [-0.25, -0.2) is 4.79 Å². The predicted octanol–water partition coefficient (Wildman–Crippen LogP) is 4.08. The Labute approximate surface area is 124 Å². The van der Waals surface area contributed by atoms with Gasteiger partial charge in [0.2, 0.25) is 0 Å². The number of halogens is 3. The molecule has 0 amide bonds. The number of ether oxygens (including phenoxy) is 1. The van der Waals surface area contributed by atoms with Gasteiger partial charge in [0.1, 0.15) is 11.9 Å². The summed E-state index contributed by atoms with van der Waals surface area (Å²) in [5.74, 6) is -0.657. The third-order valence-electron chi connectivity index (χ3n) is 3.57. The van der Waals surface area contributed by atoms with Gasteiger partial charge in [-0.3, -0.25) is 0 Å². The molecule has 3 rings (SSSR count). The van der Waals surface area contributed by atoms with Crippen LogP contribution in [0.4, 0.5) is 13.2 Å². The zero-order valence-electron chi connectivity index (χ0n) is 11.2. The van der Waals surface area contributed by atoms with Crippen LogP contribution in [0.25, 0.3) is 0 Å². The van der Waals surface area contributed by atoms with Crippen LogP contribution in [0.5, 0.6) is 5.75 Å². The van der Waals surface area contributed by atoms with E-state index in [1.54, 1.807) is 12.1 Å². The first kappa shape index (κ1) is 14.4. The topological polar surface area (TPSA) is 46.5 Å². The van der Waals surface area contributed by atoms with Crippen LogP contribution in [-0.4, -0.2) is 11.1 Å². The van der Waals surface area contributed by atoms with Crippen molar-refractivity contribution in [3.63, 3.8) is 0 Å². The molecule has 0 saturated carbocycles. The zero-order chi connectivity index (χ0) is 15.9. The first-order valence-electron chi connectivity index (χ1n) is 6.54. The molecule has 2 aromatic rings. The van der Waals surface area contributed by atoms with Crippen LogP contribution < -0.4 is 4.74 Å². The molecule has 0 aliphatic carbocycles. The number of hydrogen-bond acceptors (Lipinski definition) is 2. The second kappa shape index (κ2) is 5.05. The molecule has 1 heterocycles. The van der Waals surface area contributed by atoms with Crippen LogP contribution in [0.15, 0.2) is 42.5 Å². The number of carboxylic acids is 1. The molecule has 1 unspecified atom stereocenters. The van der Waals surface area contributed by atoms with Gasteiger partial charge in [-0.15, -0.1) is 0 Å². The molecule has 0 aromatic heterocycles. The minimum Gasteiger partial charge on any atom is -0.485 e. The summed E-state index contributed by atoms with van der Waals surface area (Å²) < 4.78 is 43.8. The molecule has 0 bridgehead atoms. The van der Waals surface area contributed by atoms with E-state index in [1.807, 2.05) is 0 Å². The van der Waals surface area contributed by atoms with E-state index in [-0.39, 0.29) is 12.0 Å². The van der Waals surface area contributed by atoms with Crippen molar-refractivity contribution in [1.82, 2.24) is 0 Å². The molecule has 1 aliphatic rings. The summed E-state index contributed by atoms with van der Waals surface area (Å²) in [5.41, 5.74) is 0.507. The molecular weight excluding hydrogens is 297 g/mol. The maximum absolute atomic E-state index is 12.7. The van der Waals surface area contributed by atoms with Crippen molar-refractivity contribution in [3.8, 4) is 5.75 Å². The SMILES string of the molecule is O=C(O)c1cccc(C2Cc3cc(C(F)(F)F)ccc3O2)c1. The maximum atomic E-state index is 12.7. The average molecular weight is 308 g/mol. The van der Waals surface area contributed by atoms with Crippen molar-refractivity contribution >= 4 is 5.97 Å². The number of alkyl halides is 3. The highest BCUT2D eigenvalue weighted by Crippen LogP contribution is 2.40. The Morgan fingerprint density at radius 1 is 1.18 bits per heavy atom. The van der Waals surface area contributed by atoms with E-state index in [9.17, 15) is 18.0 Å². The molecular formula is C16H11F3O3. The lowest BCUT2D eigenvalue weighted by Crippen LogP contribution is -2.05. The van der Waals surface area contributed by atoms with Crippen LogP contribution in [-0.2, 0) is 12.6 Å². The second-order valence-corrected chi connectivity index (χ2v) is 5.06. The zero-order valence-corrected chi connectivity index (χ0v) is 11.2. The van der Waals surface area contributed by atoms with Crippen LogP contribution in [0.2, 0.25) is 0 Å². The average Bonchev–Trinajstić information content (AvgIpc) is 2.89. The minimum absolute atomic E-state index is 0.119. The number of rotatable bonds is 2. The molecule has 3 nitrogen and oxygen atoms in total. The fourth-order valence-electron chi connectivity index (χ4n) is 2.48. The molecule has 0 radical (unpaired) electrons. The molecule has 114 valence electrons. The Balaban J connectivity index is 1.88. The quantitative estimate of drug-likeness (QED) is 0.909. The first-order chi connectivity index (χ1) is 10.3. The monoisotopic (exact) mass is 308 g/mol. The van der Waals surface area contributed by atoms with Gasteiger partial charge in [-0.2, -0.15) is 13.2 Å². The van der Waals surface area contributed by atoms with Gasteiger partial charge in [-0.1, -0.05) is 12.1 Å². The Hall–Kier alpha value is -2.50. The Kier molecular flexibility index (Phi) is 3.31. The smallest absolute Gasteiger partial charge is 0.416 e. The van der Waals surface area contributed by atoms with Crippen LogP contribution in [0, 0.1) is 0 Å². The van der Waals surface area contributed by atoms with Crippen LogP contribution in [0.1, 0.15) is 33.2 Å². The van der Waals surface area contributed by atoms with Crippen molar-refractivity contribution in [2.45, 2.75) is 18.7 Å². The lowest BCUT2D eigenvalue weighted by atomic mass is 10.0. The number of hydrogen-bond donors (Lipinski definition) is 1. The highest BCUT2D eigenvalue weighted by molar-refractivity contribution is 5.87. The number of carbonyl (C=O) groups is 1. The number of aromatic carboxylic acids is 1. The van der Waals surface area contributed by atoms with E-state index in [0.29, 0.717) is 16.9 Å². The maximum Gasteiger partial charge on any atom is 0.416 e. The Morgan fingerprint density at radius 2 is 1.95 bits per heavy atom. The molecule has 2 aromatic carbocycles. The third kappa shape index (κ3) is 2.64. The van der Waals surface area contributed by atoms with Gasteiger partial charge in [0.15, 0.2) is 0 Å². The highest BCUT2D eigenvalue weighted by Gasteiger charge is 2.33. The summed E-state index contributed by atoms with van der Waals surface area (Å²) in [6, 6.07) is 9.59. The van der Waals surface area contributed by atoms with Crippen molar-refractivity contribution < 1.29 is 27.8 Å². The first-order valence-corrected chi connectivity index (χ1v) is 6.54. The molecule has 0 spiro atoms. The van der Waals surface area contributed by atoms with Crippen LogP contribution >= 0.6 is 0 Å². The van der Waals surface area contributed by atoms with E-state index in [2.05, 4.69) is 0 Å². The largest absolute Gasteiger partial charge is 0.485 e. The highest BCUT2D eigenvalue weighted by atomic mass is 19.4. The van der Waals surface area contributed by atoms with Crippen molar-refractivity contribution in [2.24, 2.45) is 0 Å². The second-order valence-electron chi connectivity index (χ2n) is 5.06.